The van der Waals surface area contributed by atoms with Gasteiger partial charge in [0, 0.05) is 101 Å². The van der Waals surface area contributed by atoms with Gasteiger partial charge in [-0.25, -0.2) is 4.90 Å². The number of anilines is 1. The molecule has 656 valence electrons. The summed E-state index contributed by atoms with van der Waals surface area (Å²) in [4.78, 5) is 68.8. The normalized spacial score (nSPS) is 16.0. The molecule has 11 aromatic carbocycles. The summed E-state index contributed by atoms with van der Waals surface area (Å²) in [5.41, 5.74) is -1.04. The minimum absolute atomic E-state index is 0.000334. The Bertz CT molecular complexity index is 6400. The van der Waals surface area contributed by atoms with Crippen molar-refractivity contribution in [3.63, 3.8) is 0 Å². The molecule has 2 aromatic heterocycles. The van der Waals surface area contributed by atoms with Gasteiger partial charge in [0.1, 0.15) is 46.0 Å². The summed E-state index contributed by atoms with van der Waals surface area (Å²) >= 11 is 1.90. The number of carbonyl (C=O) groups is 4. The van der Waals surface area contributed by atoms with Gasteiger partial charge in [-0.1, -0.05) is 225 Å². The van der Waals surface area contributed by atoms with Gasteiger partial charge in [0.25, 0.3) is 23.6 Å². The Labute approximate surface area is 743 Å². The van der Waals surface area contributed by atoms with Gasteiger partial charge < -0.3 is 18.9 Å². The maximum absolute atomic E-state index is 17.2. The third-order valence-electron chi connectivity index (χ3n) is 25.6. The molecule has 0 bridgehead atoms. The number of allylic oxidation sites excluding steroid dienone is 2. The van der Waals surface area contributed by atoms with E-state index in [1.165, 1.54) is 49.1 Å². The molecule has 3 aliphatic rings. The van der Waals surface area contributed by atoms with Crippen molar-refractivity contribution in [3.8, 4) is 46.0 Å². The van der Waals surface area contributed by atoms with E-state index in [4.69, 9.17) is 18.9 Å². The van der Waals surface area contributed by atoms with Crippen molar-refractivity contribution in [2.45, 2.75) is 250 Å². The van der Waals surface area contributed by atoms with Crippen molar-refractivity contribution in [2.75, 3.05) is 4.90 Å². The molecular weight excluding hydrogens is 1630 g/mol. The first kappa shape index (κ1) is 88.9. The second-order valence-corrected chi connectivity index (χ2v) is 45.3. The van der Waals surface area contributed by atoms with Crippen molar-refractivity contribution in [1.82, 2.24) is 4.90 Å². The second-order valence-electron chi connectivity index (χ2n) is 42.8. The van der Waals surface area contributed by atoms with Crippen LogP contribution in [0.5, 0.6) is 46.0 Å². The Hall–Kier alpha value is -10.6. The summed E-state index contributed by atoms with van der Waals surface area (Å²) < 4.78 is 132. The Kier molecular flexibility index (Phi) is 21.4. The highest BCUT2D eigenvalue weighted by atomic mass is 32.1. The molecule has 1 aliphatic carbocycles. The van der Waals surface area contributed by atoms with Gasteiger partial charge in [-0.2, -0.15) is 26.3 Å². The van der Waals surface area contributed by atoms with Crippen molar-refractivity contribution in [1.29, 1.82) is 0 Å². The second kappa shape index (κ2) is 30.3. The van der Waals surface area contributed by atoms with Crippen LogP contribution < -0.4 is 23.8 Å². The lowest BCUT2D eigenvalue weighted by Gasteiger charge is -2.35. The lowest BCUT2D eigenvalue weighted by molar-refractivity contribution is -0.254. The molecule has 4 heterocycles. The highest BCUT2D eigenvalue weighted by Crippen LogP contribution is 2.68. The number of imide groups is 2. The van der Waals surface area contributed by atoms with E-state index in [-0.39, 0.29) is 146 Å². The molecular formula is C108H112F6N2O8S2. The number of halogens is 6. The maximum Gasteiger partial charge on any atom is 0.380 e. The predicted octanol–water partition coefficient (Wildman–Crippen LogP) is 32.2. The summed E-state index contributed by atoms with van der Waals surface area (Å²) in [5, 5.41) is 2.25. The first-order valence-electron chi connectivity index (χ1n) is 43.7. The standard InChI is InChI=1S/C108H112F6N2O8S2/c1-25-64(26-2)115-94(117)72-50-76(121-66-40-31-60(32-41-66)102(17,18)54-98(5,6)7)86-88-78(123-68-44-35-62(36-45-68)104(21,22)56-100(11,12)13)52-74-85-75(97(120)116(96(74)119)65-39-48-71-81(49-65)126-59(4)83(71)93-92(106(109,110)108(113,114)107(93,111)112)82-58(3)125-80-30-28-27-29-70(80)82)53-79(124-69-46-37-63(38-47-69)105(23,24)57-101(14,15)16)89(91(85)88)87-77(51-73(95(115)118)84(72)90(86)87)122-67-42-33-61(34-43-67)103(19,20)55-99(8,9)10/h27-53,64H,25-26,54-57H2,1-24H3. The number of amides is 4. The molecule has 10 nitrogen and oxygen atoms in total. The quantitative estimate of drug-likeness (QED) is 0.0285. The fraction of sp³-hybridized carbons (Fsp3) is 0.389. The SMILES string of the molecule is CCC(CC)N1C(=O)c2cc(Oc3ccc(C(C)(C)CC(C)(C)C)cc3)c3c4c(Oc5ccc(C(C)(C)CC(C)(C)C)cc5)cc5c6c(cc(Oc7ccc(C(C)(C)CC(C)(C)C)cc7)c(c7c(Oc8ccc(C(C)(C)CC(C)(C)C)cc8)cc(c2c37)C1=O)c64)C(=O)N(c1ccc2c(C3=C(c4c(C)sc6ccccc46)C(F)(F)C(F)(F)C3(F)F)c(C)sc2c1)C5=O. The van der Waals surface area contributed by atoms with E-state index < -0.39 is 69.7 Å². The maximum atomic E-state index is 17.2. The van der Waals surface area contributed by atoms with Crippen LogP contribution in [-0.2, 0) is 21.7 Å². The van der Waals surface area contributed by atoms with Crippen molar-refractivity contribution in [3.05, 3.63) is 229 Å². The van der Waals surface area contributed by atoms with E-state index in [9.17, 15) is 0 Å². The van der Waals surface area contributed by atoms with E-state index in [2.05, 4.69) is 138 Å². The first-order chi connectivity index (χ1) is 58.6. The van der Waals surface area contributed by atoms with Crippen LogP contribution in [0.1, 0.15) is 275 Å². The van der Waals surface area contributed by atoms with Crippen LogP contribution in [0.15, 0.2) is 164 Å². The number of nitrogens with zero attached hydrogens (tertiary/aromatic N) is 2. The zero-order chi connectivity index (χ0) is 91.3. The molecule has 16 rings (SSSR count). The van der Waals surface area contributed by atoms with Crippen LogP contribution in [0.2, 0.25) is 0 Å². The molecule has 4 amide bonds. The Morgan fingerprint density at radius 1 is 0.341 bits per heavy atom. The lowest BCUT2D eigenvalue weighted by Crippen LogP contribution is -2.48. The largest absolute Gasteiger partial charge is 0.457 e. The number of hydrogen-bond donors (Lipinski definition) is 0. The van der Waals surface area contributed by atoms with E-state index in [0.717, 1.165) is 75.5 Å². The molecule has 18 heteroatoms. The molecule has 0 radical (unpaired) electrons. The van der Waals surface area contributed by atoms with Gasteiger partial charge in [-0.3, -0.25) is 24.1 Å². The first-order valence-corrected chi connectivity index (χ1v) is 45.4. The van der Waals surface area contributed by atoms with Crippen molar-refractivity contribution >= 4 is 126 Å². The monoisotopic (exact) mass is 1740 g/mol. The van der Waals surface area contributed by atoms with Crippen molar-refractivity contribution in [2.24, 2.45) is 21.7 Å². The number of rotatable bonds is 22. The van der Waals surface area contributed by atoms with Gasteiger partial charge in [-0.15, -0.1) is 22.7 Å². The summed E-state index contributed by atoms with van der Waals surface area (Å²) in [6.45, 7) is 50.8. The van der Waals surface area contributed by atoms with Crippen LogP contribution in [0.25, 0.3) is 74.4 Å². The summed E-state index contributed by atoms with van der Waals surface area (Å²) in [6, 6.07) is 47.7. The summed E-state index contributed by atoms with van der Waals surface area (Å²) in [6.07, 6.45) is 4.23. The Balaban J connectivity index is 1.03. The van der Waals surface area contributed by atoms with Crippen LogP contribution >= 0.6 is 22.7 Å². The zero-order valence-electron chi connectivity index (χ0n) is 76.7. The van der Waals surface area contributed by atoms with Gasteiger partial charge in [0.05, 0.1) is 27.9 Å². The van der Waals surface area contributed by atoms with Crippen LogP contribution in [0.3, 0.4) is 0 Å². The van der Waals surface area contributed by atoms with Crippen LogP contribution in [0.4, 0.5) is 32.0 Å². The number of alkyl halides is 6. The number of hydrogen-bond acceptors (Lipinski definition) is 10. The highest BCUT2D eigenvalue weighted by molar-refractivity contribution is 7.19. The molecule has 2 aliphatic heterocycles. The molecule has 0 spiro atoms. The van der Waals surface area contributed by atoms with E-state index in [0.29, 0.717) is 56.7 Å². The Morgan fingerprint density at radius 2 is 0.627 bits per heavy atom. The van der Waals surface area contributed by atoms with Gasteiger partial charge in [0.15, 0.2) is 0 Å². The van der Waals surface area contributed by atoms with Crippen LogP contribution in [0, 0.1) is 35.5 Å². The number of ether oxygens (including phenoxy) is 4. The number of benzene rings is 11. The fourth-order valence-electron chi connectivity index (χ4n) is 21.7. The van der Waals surface area contributed by atoms with E-state index >= 15 is 45.5 Å². The van der Waals surface area contributed by atoms with Gasteiger partial charge in [-0.05, 0) is 209 Å². The lowest BCUT2D eigenvalue weighted by atomic mass is 9.72. The third kappa shape index (κ3) is 15.2. The predicted molar refractivity (Wildman–Crippen MR) is 503 cm³/mol. The fourth-order valence-corrected chi connectivity index (χ4v) is 23.9. The molecule has 0 saturated carbocycles. The summed E-state index contributed by atoms with van der Waals surface area (Å²) in [5.74, 6) is -17.6. The van der Waals surface area contributed by atoms with Gasteiger partial charge >= 0.3 is 17.8 Å². The molecule has 0 N–H and O–H groups in total. The minimum Gasteiger partial charge on any atom is -0.457 e. The smallest absolute Gasteiger partial charge is 0.380 e. The number of aryl methyl sites for hydroxylation is 2. The average molecular weight is 1740 g/mol. The number of carbonyl (C=O) groups excluding carboxylic acids is 4. The number of thiophene rings is 2. The minimum atomic E-state index is -5.87. The average Bonchev–Trinajstić information content (AvgIpc) is 1.38. The Morgan fingerprint density at radius 3 is 0.929 bits per heavy atom. The molecule has 126 heavy (non-hydrogen) atoms. The van der Waals surface area contributed by atoms with E-state index in [1.54, 1.807) is 36.4 Å². The summed E-state index contributed by atoms with van der Waals surface area (Å²) in [7, 11) is 0. The highest BCUT2D eigenvalue weighted by Gasteiger charge is 2.81. The van der Waals surface area contributed by atoms with Gasteiger partial charge in [0.2, 0.25) is 0 Å². The molecule has 13 aromatic rings. The third-order valence-corrected chi connectivity index (χ3v) is 27.8. The molecule has 0 unspecified atom stereocenters. The molecule has 0 fully saturated rings. The molecule has 0 atom stereocenters. The zero-order valence-corrected chi connectivity index (χ0v) is 78.3. The number of fused-ring (bicyclic) bond motifs is 4. The van der Waals surface area contributed by atoms with Crippen LogP contribution in [-0.4, -0.2) is 52.3 Å². The van der Waals surface area contributed by atoms with Crippen molar-refractivity contribution < 1.29 is 64.5 Å². The van der Waals surface area contributed by atoms with E-state index in [1.807, 2.05) is 111 Å². The molecule has 0 saturated heterocycles. The topological polar surface area (TPSA) is 112 Å².